The van der Waals surface area contributed by atoms with Crippen LogP contribution in [-0.4, -0.2) is 24.3 Å². The average Bonchev–Trinajstić information content (AvgIpc) is 2.36. The number of benzene rings is 1. The number of methoxy groups -OCH3 is 1. The molecule has 0 fully saturated rings. The Hall–Kier alpha value is -1.36. The molecule has 1 rings (SSSR count). The lowest BCUT2D eigenvalue weighted by Crippen LogP contribution is -2.25. The molecule has 0 saturated carbocycles. The van der Waals surface area contributed by atoms with Gasteiger partial charge in [-0.3, -0.25) is 13.8 Å². The van der Waals surface area contributed by atoms with Crippen molar-refractivity contribution in [3.63, 3.8) is 0 Å². The predicted molar refractivity (Wildman–Crippen MR) is 92.1 cm³/mol. The number of hydrogen-bond donors (Lipinski definition) is 0. The van der Waals surface area contributed by atoms with Crippen molar-refractivity contribution in [1.29, 1.82) is 0 Å². The largest absolute Gasteiger partial charge is 0.531 e. The van der Waals surface area contributed by atoms with Crippen LogP contribution in [0.5, 0.6) is 5.75 Å². The first kappa shape index (κ1) is 20.7. The van der Waals surface area contributed by atoms with Crippen molar-refractivity contribution in [1.82, 2.24) is 0 Å². The second kappa shape index (κ2) is 7.68. The van der Waals surface area contributed by atoms with E-state index in [4.69, 9.17) is 13.6 Å². The van der Waals surface area contributed by atoms with E-state index in [2.05, 4.69) is 4.74 Å². The smallest absolute Gasteiger partial charge is 0.469 e. The van der Waals surface area contributed by atoms with E-state index in [1.165, 1.54) is 7.11 Å². The third kappa shape index (κ3) is 7.95. The van der Waals surface area contributed by atoms with Crippen molar-refractivity contribution in [3.05, 3.63) is 29.8 Å². The summed E-state index contributed by atoms with van der Waals surface area (Å²) in [5, 5.41) is 0. The van der Waals surface area contributed by atoms with Crippen LogP contribution in [0.15, 0.2) is 24.3 Å². The molecule has 24 heavy (non-hydrogen) atoms. The fraction of sp³-hybridized carbons (Fsp3) is 0.588. The van der Waals surface area contributed by atoms with Gasteiger partial charge in [0.05, 0.1) is 24.7 Å². The molecular weight excluding hydrogens is 331 g/mol. The van der Waals surface area contributed by atoms with Crippen LogP contribution >= 0.6 is 7.82 Å². The lowest BCUT2D eigenvalue weighted by Gasteiger charge is -2.30. The molecule has 0 unspecified atom stereocenters. The molecule has 0 aliphatic heterocycles. The first-order chi connectivity index (χ1) is 10.8. The van der Waals surface area contributed by atoms with E-state index in [0.29, 0.717) is 5.75 Å². The van der Waals surface area contributed by atoms with Crippen LogP contribution in [-0.2, 0) is 29.6 Å². The van der Waals surface area contributed by atoms with Gasteiger partial charge in [0.1, 0.15) is 5.75 Å². The number of carbonyl (C=O) groups is 1. The molecule has 7 heteroatoms. The van der Waals surface area contributed by atoms with Crippen LogP contribution in [0, 0.1) is 0 Å². The second-order valence-corrected chi connectivity index (χ2v) is 8.78. The molecule has 0 bridgehead atoms. The first-order valence-corrected chi connectivity index (χ1v) is 9.15. The number of carbonyl (C=O) groups excluding carboxylic acids is 1. The fourth-order valence-corrected chi connectivity index (χ4v) is 3.60. The van der Waals surface area contributed by atoms with Gasteiger partial charge in [-0.05, 0) is 59.2 Å². The summed E-state index contributed by atoms with van der Waals surface area (Å²) in [6.45, 7) is 10.6. The molecule has 0 spiro atoms. The van der Waals surface area contributed by atoms with E-state index in [1.54, 1.807) is 65.8 Å². The summed E-state index contributed by atoms with van der Waals surface area (Å²) >= 11 is 0. The molecule has 0 atom stereocenters. The maximum Gasteiger partial charge on any atom is 0.531 e. The highest BCUT2D eigenvalue weighted by Crippen LogP contribution is 2.55. The van der Waals surface area contributed by atoms with Crippen LogP contribution in [0.3, 0.4) is 0 Å². The van der Waals surface area contributed by atoms with E-state index in [1.807, 2.05) is 0 Å². The average molecular weight is 358 g/mol. The lowest BCUT2D eigenvalue weighted by atomic mass is 10.1. The molecule has 0 saturated heterocycles. The summed E-state index contributed by atoms with van der Waals surface area (Å²) in [6.07, 6.45) is 0.158. The van der Waals surface area contributed by atoms with E-state index in [9.17, 15) is 9.36 Å². The summed E-state index contributed by atoms with van der Waals surface area (Å²) < 4.78 is 34.2. The maximum absolute atomic E-state index is 13.0. The molecule has 0 aliphatic carbocycles. The quantitative estimate of drug-likeness (QED) is 0.550. The number of hydrogen-bond acceptors (Lipinski definition) is 6. The molecule has 0 aliphatic rings. The molecule has 1 aromatic rings. The Balaban J connectivity index is 2.94. The minimum Gasteiger partial charge on any atom is -0.469 e. The van der Waals surface area contributed by atoms with E-state index in [-0.39, 0.29) is 12.4 Å². The summed E-state index contributed by atoms with van der Waals surface area (Å²) in [4.78, 5) is 11.3. The molecule has 0 amide bonds. The van der Waals surface area contributed by atoms with Gasteiger partial charge in [-0.2, -0.15) is 0 Å². The normalized spacial score (nSPS) is 12.8. The van der Waals surface area contributed by atoms with E-state index in [0.717, 1.165) is 5.56 Å². The first-order valence-electron chi connectivity index (χ1n) is 7.69. The van der Waals surface area contributed by atoms with Crippen LogP contribution in [0.4, 0.5) is 0 Å². The standard InChI is InChI=1S/C17H27O6P/c1-16(2,3)22-24(19,23-17(4,5)6)21-14-10-8-13(9-11-14)12-15(18)20-7/h8-11H,12H2,1-7H3. The highest BCUT2D eigenvalue weighted by atomic mass is 31.2. The Bertz CT molecular complexity index is 575. The Morgan fingerprint density at radius 1 is 0.958 bits per heavy atom. The molecule has 0 N–H and O–H groups in total. The Labute approximate surface area is 144 Å². The second-order valence-electron chi connectivity index (χ2n) is 7.34. The zero-order valence-electron chi connectivity index (χ0n) is 15.4. The van der Waals surface area contributed by atoms with Crippen molar-refractivity contribution in [2.75, 3.05) is 7.11 Å². The summed E-state index contributed by atoms with van der Waals surface area (Å²) in [7, 11) is -2.49. The molecule has 6 nitrogen and oxygen atoms in total. The van der Waals surface area contributed by atoms with Crippen molar-refractivity contribution >= 4 is 13.8 Å². The molecule has 0 aromatic heterocycles. The SMILES string of the molecule is COC(=O)Cc1ccc(OP(=O)(OC(C)(C)C)OC(C)(C)C)cc1. The molecule has 136 valence electrons. The zero-order chi connectivity index (χ0) is 18.6. The molecule has 0 radical (unpaired) electrons. The van der Waals surface area contributed by atoms with Gasteiger partial charge in [-0.1, -0.05) is 12.1 Å². The van der Waals surface area contributed by atoms with Crippen molar-refractivity contribution in [3.8, 4) is 5.75 Å². The van der Waals surface area contributed by atoms with Crippen molar-refractivity contribution in [2.24, 2.45) is 0 Å². The van der Waals surface area contributed by atoms with Crippen molar-refractivity contribution < 1.29 is 27.7 Å². The maximum atomic E-state index is 13.0. The zero-order valence-corrected chi connectivity index (χ0v) is 16.3. The Morgan fingerprint density at radius 2 is 1.42 bits per heavy atom. The number of phosphoric acid groups is 1. The highest BCUT2D eigenvalue weighted by Gasteiger charge is 2.38. The number of phosphoric ester groups is 1. The molecule has 0 heterocycles. The minimum absolute atomic E-state index is 0.158. The summed E-state index contributed by atoms with van der Waals surface area (Å²) in [6, 6.07) is 6.63. The van der Waals surface area contributed by atoms with Gasteiger partial charge in [-0.15, -0.1) is 0 Å². The predicted octanol–water partition coefficient (Wildman–Crippen LogP) is 4.52. The Morgan fingerprint density at radius 3 is 1.79 bits per heavy atom. The van der Waals surface area contributed by atoms with E-state index >= 15 is 0 Å². The monoisotopic (exact) mass is 358 g/mol. The van der Waals surface area contributed by atoms with Crippen molar-refractivity contribution in [2.45, 2.75) is 59.2 Å². The summed E-state index contributed by atoms with van der Waals surface area (Å²) in [5.74, 6) is 0.00178. The van der Waals surface area contributed by atoms with Gasteiger partial charge in [0.15, 0.2) is 0 Å². The minimum atomic E-state index is -3.82. The number of esters is 1. The third-order valence-corrected chi connectivity index (χ3v) is 4.47. The van der Waals surface area contributed by atoms with Gasteiger partial charge in [0.25, 0.3) is 0 Å². The molecular formula is C17H27O6P. The van der Waals surface area contributed by atoms with Crippen LogP contribution in [0.25, 0.3) is 0 Å². The Kier molecular flexibility index (Phi) is 6.62. The number of rotatable bonds is 6. The van der Waals surface area contributed by atoms with Gasteiger partial charge in [0.2, 0.25) is 0 Å². The number of ether oxygens (including phenoxy) is 1. The van der Waals surface area contributed by atoms with Gasteiger partial charge in [-0.25, -0.2) is 4.57 Å². The van der Waals surface area contributed by atoms with Gasteiger partial charge in [0, 0.05) is 0 Å². The van der Waals surface area contributed by atoms with Crippen LogP contribution in [0.1, 0.15) is 47.1 Å². The topological polar surface area (TPSA) is 71.1 Å². The van der Waals surface area contributed by atoms with E-state index < -0.39 is 19.0 Å². The third-order valence-electron chi connectivity index (χ3n) is 2.49. The molecule has 1 aromatic carbocycles. The van der Waals surface area contributed by atoms with Gasteiger partial charge < -0.3 is 9.26 Å². The van der Waals surface area contributed by atoms with Crippen LogP contribution in [0.2, 0.25) is 0 Å². The fourth-order valence-electron chi connectivity index (χ4n) is 1.76. The lowest BCUT2D eigenvalue weighted by molar-refractivity contribution is -0.139. The summed E-state index contributed by atoms with van der Waals surface area (Å²) in [5.41, 5.74) is -0.644. The van der Waals surface area contributed by atoms with Crippen LogP contribution < -0.4 is 4.52 Å². The van der Waals surface area contributed by atoms with Gasteiger partial charge >= 0.3 is 13.8 Å². The highest BCUT2D eigenvalue weighted by molar-refractivity contribution is 7.49.